The zero-order valence-electron chi connectivity index (χ0n) is 10.4. The number of nitrogens with zero attached hydrogens (tertiary/aromatic N) is 3. The molecule has 0 amide bonds. The molecule has 2 aromatic heterocycles. The maximum atomic E-state index is 4.47. The van der Waals surface area contributed by atoms with Crippen molar-refractivity contribution in [3.8, 4) is 11.5 Å². The molecule has 0 aromatic carbocycles. The van der Waals surface area contributed by atoms with Crippen molar-refractivity contribution in [1.29, 1.82) is 0 Å². The van der Waals surface area contributed by atoms with Gasteiger partial charge in [0.15, 0.2) is 5.82 Å². The van der Waals surface area contributed by atoms with Crippen molar-refractivity contribution < 1.29 is 0 Å². The molecule has 0 radical (unpaired) electrons. The first kappa shape index (κ1) is 11.5. The van der Waals surface area contributed by atoms with E-state index in [4.69, 9.17) is 0 Å². The number of rotatable bonds is 3. The molecule has 2 rings (SSSR count). The van der Waals surface area contributed by atoms with Gasteiger partial charge in [-0.05, 0) is 32.4 Å². The summed E-state index contributed by atoms with van der Waals surface area (Å²) in [5.74, 6) is 1.53. The largest absolute Gasteiger partial charge is 0.370 e. The van der Waals surface area contributed by atoms with Crippen molar-refractivity contribution in [3.63, 3.8) is 0 Å². The Morgan fingerprint density at radius 2 is 2.06 bits per heavy atom. The van der Waals surface area contributed by atoms with Crippen LogP contribution in [0.1, 0.15) is 18.2 Å². The second kappa shape index (κ2) is 4.91. The van der Waals surface area contributed by atoms with Crippen LogP contribution < -0.4 is 5.32 Å². The minimum atomic E-state index is 0.680. The van der Waals surface area contributed by atoms with Crippen LogP contribution in [0.4, 0.5) is 5.82 Å². The van der Waals surface area contributed by atoms with E-state index in [1.807, 2.05) is 39.0 Å². The van der Waals surface area contributed by atoms with Gasteiger partial charge in [-0.2, -0.15) is 0 Å². The standard InChI is InChI=1S/C13H16N4/c1-4-14-11-8-10(3)16-13(17-11)12-9(2)6-5-7-15-12/h5-8H,4H2,1-3H3,(H,14,16,17). The molecule has 17 heavy (non-hydrogen) atoms. The lowest BCUT2D eigenvalue weighted by molar-refractivity contribution is 1.06. The lowest BCUT2D eigenvalue weighted by Gasteiger charge is -2.07. The Morgan fingerprint density at radius 1 is 1.24 bits per heavy atom. The third kappa shape index (κ3) is 2.58. The average Bonchev–Trinajstić information content (AvgIpc) is 2.29. The molecule has 1 N–H and O–H groups in total. The predicted octanol–water partition coefficient (Wildman–Crippen LogP) is 2.59. The molecule has 0 saturated heterocycles. The summed E-state index contributed by atoms with van der Waals surface area (Å²) < 4.78 is 0. The molecule has 0 aliphatic carbocycles. The highest BCUT2D eigenvalue weighted by Crippen LogP contribution is 2.18. The van der Waals surface area contributed by atoms with E-state index < -0.39 is 0 Å². The fraction of sp³-hybridized carbons (Fsp3) is 0.308. The molecule has 0 aliphatic heterocycles. The van der Waals surface area contributed by atoms with Crippen LogP contribution in [0.5, 0.6) is 0 Å². The highest BCUT2D eigenvalue weighted by Gasteiger charge is 2.08. The van der Waals surface area contributed by atoms with Crippen LogP contribution >= 0.6 is 0 Å². The molecular formula is C13H16N4. The minimum Gasteiger partial charge on any atom is -0.370 e. The maximum Gasteiger partial charge on any atom is 0.180 e. The summed E-state index contributed by atoms with van der Waals surface area (Å²) in [5.41, 5.74) is 2.87. The van der Waals surface area contributed by atoms with E-state index in [9.17, 15) is 0 Å². The van der Waals surface area contributed by atoms with Crippen LogP contribution in [0.15, 0.2) is 24.4 Å². The molecular weight excluding hydrogens is 212 g/mol. The molecule has 2 heterocycles. The van der Waals surface area contributed by atoms with Gasteiger partial charge < -0.3 is 5.32 Å². The van der Waals surface area contributed by atoms with Gasteiger partial charge >= 0.3 is 0 Å². The molecule has 0 atom stereocenters. The van der Waals surface area contributed by atoms with Gasteiger partial charge in [-0.25, -0.2) is 9.97 Å². The van der Waals surface area contributed by atoms with Crippen LogP contribution in [0, 0.1) is 13.8 Å². The summed E-state index contributed by atoms with van der Waals surface area (Å²) in [6.45, 7) is 6.87. The number of nitrogens with one attached hydrogen (secondary N) is 1. The molecule has 4 heteroatoms. The second-order valence-corrected chi connectivity index (χ2v) is 3.92. The SMILES string of the molecule is CCNc1cc(C)nc(-c2ncccc2C)n1. The molecule has 0 fully saturated rings. The molecule has 0 aliphatic rings. The third-order valence-corrected chi connectivity index (χ3v) is 2.43. The average molecular weight is 228 g/mol. The van der Waals surface area contributed by atoms with Gasteiger partial charge in [0.1, 0.15) is 11.5 Å². The van der Waals surface area contributed by atoms with E-state index >= 15 is 0 Å². The van der Waals surface area contributed by atoms with Crippen molar-refractivity contribution in [2.24, 2.45) is 0 Å². The molecule has 0 spiro atoms. The zero-order chi connectivity index (χ0) is 12.3. The quantitative estimate of drug-likeness (QED) is 0.877. The summed E-state index contributed by atoms with van der Waals surface area (Å²) in [7, 11) is 0. The summed E-state index contributed by atoms with van der Waals surface area (Å²) in [6, 6.07) is 5.87. The van der Waals surface area contributed by atoms with Crippen molar-refractivity contribution in [1.82, 2.24) is 15.0 Å². The molecule has 4 nitrogen and oxygen atoms in total. The van der Waals surface area contributed by atoms with E-state index in [0.29, 0.717) is 5.82 Å². The van der Waals surface area contributed by atoms with Gasteiger partial charge in [0.2, 0.25) is 0 Å². The van der Waals surface area contributed by atoms with Crippen molar-refractivity contribution in [2.75, 3.05) is 11.9 Å². The number of hydrogen-bond donors (Lipinski definition) is 1. The zero-order valence-corrected chi connectivity index (χ0v) is 10.4. The molecule has 0 unspecified atom stereocenters. The highest BCUT2D eigenvalue weighted by atomic mass is 15.0. The van der Waals surface area contributed by atoms with Gasteiger partial charge in [-0.15, -0.1) is 0 Å². The molecule has 0 bridgehead atoms. The first-order valence-electron chi connectivity index (χ1n) is 5.72. The van der Waals surface area contributed by atoms with Crippen molar-refractivity contribution in [3.05, 3.63) is 35.7 Å². The maximum absolute atomic E-state index is 4.47. The van der Waals surface area contributed by atoms with Gasteiger partial charge in [0, 0.05) is 24.5 Å². The van der Waals surface area contributed by atoms with Crippen LogP contribution in [0.25, 0.3) is 11.5 Å². The topological polar surface area (TPSA) is 50.7 Å². The predicted molar refractivity (Wildman–Crippen MR) is 68.9 cm³/mol. The number of anilines is 1. The van der Waals surface area contributed by atoms with Crippen LogP contribution in [-0.4, -0.2) is 21.5 Å². The summed E-state index contributed by atoms with van der Waals surface area (Å²) in [5, 5.41) is 3.20. The Balaban J connectivity index is 2.48. The van der Waals surface area contributed by atoms with E-state index in [-0.39, 0.29) is 0 Å². The summed E-state index contributed by atoms with van der Waals surface area (Å²) in [4.78, 5) is 13.2. The van der Waals surface area contributed by atoms with Gasteiger partial charge in [0.25, 0.3) is 0 Å². The van der Waals surface area contributed by atoms with E-state index in [1.165, 1.54) is 0 Å². The Labute approximate surface area is 101 Å². The van der Waals surface area contributed by atoms with Crippen molar-refractivity contribution in [2.45, 2.75) is 20.8 Å². The number of hydrogen-bond acceptors (Lipinski definition) is 4. The second-order valence-electron chi connectivity index (χ2n) is 3.92. The third-order valence-electron chi connectivity index (χ3n) is 2.43. The first-order chi connectivity index (χ1) is 8.20. The van der Waals surface area contributed by atoms with Crippen LogP contribution in [0.2, 0.25) is 0 Å². The number of pyridine rings is 1. The van der Waals surface area contributed by atoms with E-state index in [2.05, 4.69) is 20.3 Å². The minimum absolute atomic E-state index is 0.680. The first-order valence-corrected chi connectivity index (χ1v) is 5.72. The summed E-state index contributed by atoms with van der Waals surface area (Å²) in [6.07, 6.45) is 1.76. The fourth-order valence-electron chi connectivity index (χ4n) is 1.67. The lowest BCUT2D eigenvalue weighted by atomic mass is 10.2. The molecule has 88 valence electrons. The smallest absolute Gasteiger partial charge is 0.180 e. The van der Waals surface area contributed by atoms with E-state index in [0.717, 1.165) is 29.3 Å². The van der Waals surface area contributed by atoms with Crippen LogP contribution in [0.3, 0.4) is 0 Å². The van der Waals surface area contributed by atoms with Gasteiger partial charge in [0.05, 0.1) is 0 Å². The summed E-state index contributed by atoms with van der Waals surface area (Å²) >= 11 is 0. The van der Waals surface area contributed by atoms with Crippen LogP contribution in [-0.2, 0) is 0 Å². The normalized spacial score (nSPS) is 10.3. The van der Waals surface area contributed by atoms with E-state index in [1.54, 1.807) is 6.20 Å². The Morgan fingerprint density at radius 3 is 2.76 bits per heavy atom. The monoisotopic (exact) mass is 228 g/mol. The van der Waals surface area contributed by atoms with Crippen molar-refractivity contribution >= 4 is 5.82 Å². The highest BCUT2D eigenvalue weighted by molar-refractivity contribution is 5.56. The Bertz CT molecular complexity index is 523. The Kier molecular flexibility index (Phi) is 3.32. The number of aromatic nitrogens is 3. The van der Waals surface area contributed by atoms with Gasteiger partial charge in [-0.3, -0.25) is 4.98 Å². The Hall–Kier alpha value is -1.97. The van der Waals surface area contributed by atoms with Gasteiger partial charge in [-0.1, -0.05) is 6.07 Å². The lowest BCUT2D eigenvalue weighted by Crippen LogP contribution is -2.03. The fourth-order valence-corrected chi connectivity index (χ4v) is 1.67. The molecule has 2 aromatic rings. The number of aryl methyl sites for hydroxylation is 2. The molecule has 0 saturated carbocycles.